The van der Waals surface area contributed by atoms with Gasteiger partial charge < -0.3 is 5.11 Å². The second-order valence-corrected chi connectivity index (χ2v) is 6.05. The van der Waals surface area contributed by atoms with E-state index in [1.807, 2.05) is 0 Å². The molecule has 0 aromatic heterocycles. The predicted octanol–water partition coefficient (Wildman–Crippen LogP) is 2.56. The molecule has 1 atom stereocenters. The van der Waals surface area contributed by atoms with Gasteiger partial charge in [-0.15, -0.1) is 0 Å². The van der Waals surface area contributed by atoms with Gasteiger partial charge in [0, 0.05) is 19.2 Å². The van der Waals surface area contributed by atoms with E-state index in [2.05, 4.69) is 23.1 Å². The van der Waals surface area contributed by atoms with Gasteiger partial charge in [0.25, 0.3) is 0 Å². The van der Waals surface area contributed by atoms with Gasteiger partial charge in [-0.05, 0) is 68.2 Å². The molecule has 1 fully saturated rings. The van der Waals surface area contributed by atoms with E-state index in [4.69, 9.17) is 5.11 Å². The van der Waals surface area contributed by atoms with Crippen LogP contribution in [0.1, 0.15) is 42.4 Å². The molecule has 0 unspecified atom stereocenters. The van der Waals surface area contributed by atoms with Crippen LogP contribution in [-0.2, 0) is 19.3 Å². The van der Waals surface area contributed by atoms with Crippen LogP contribution in [0.5, 0.6) is 0 Å². The molecule has 2 heteroatoms. The van der Waals surface area contributed by atoms with Crippen LogP contribution in [0.3, 0.4) is 0 Å². The largest absolute Gasteiger partial charge is 0.396 e. The van der Waals surface area contributed by atoms with Gasteiger partial charge in [-0.25, -0.2) is 0 Å². The van der Waals surface area contributed by atoms with E-state index in [0.717, 1.165) is 19.4 Å². The Balaban J connectivity index is 1.57. The highest BCUT2D eigenvalue weighted by Gasteiger charge is 2.23. The number of nitrogens with zero attached hydrogens (tertiary/aromatic N) is 1. The van der Waals surface area contributed by atoms with Crippen molar-refractivity contribution >= 4 is 0 Å². The van der Waals surface area contributed by atoms with Crippen LogP contribution in [0.2, 0.25) is 0 Å². The molecule has 3 rings (SSSR count). The Kier molecular flexibility index (Phi) is 4.19. The highest BCUT2D eigenvalue weighted by molar-refractivity contribution is 5.35. The van der Waals surface area contributed by atoms with E-state index in [9.17, 15) is 0 Å². The zero-order chi connectivity index (χ0) is 13.1. The molecule has 19 heavy (non-hydrogen) atoms. The van der Waals surface area contributed by atoms with E-state index in [1.54, 1.807) is 11.1 Å². The molecule has 0 bridgehead atoms. The van der Waals surface area contributed by atoms with Gasteiger partial charge in [-0.3, -0.25) is 4.90 Å². The molecule has 1 heterocycles. The summed E-state index contributed by atoms with van der Waals surface area (Å²) in [6.07, 6.45) is 8.57. The molecule has 2 aliphatic rings. The van der Waals surface area contributed by atoms with Crippen molar-refractivity contribution in [3.8, 4) is 0 Å². The Hall–Kier alpha value is -0.860. The van der Waals surface area contributed by atoms with E-state index in [-0.39, 0.29) is 0 Å². The molecular weight excluding hydrogens is 234 g/mol. The minimum absolute atomic E-state index is 0.333. The van der Waals surface area contributed by atoms with E-state index in [0.29, 0.717) is 12.6 Å². The minimum atomic E-state index is 0.333. The van der Waals surface area contributed by atoms with Crippen molar-refractivity contribution in [2.45, 2.75) is 51.0 Å². The van der Waals surface area contributed by atoms with Gasteiger partial charge in [0.2, 0.25) is 0 Å². The molecule has 0 saturated carbocycles. The summed E-state index contributed by atoms with van der Waals surface area (Å²) in [5.74, 6) is 0. The second-order valence-electron chi connectivity index (χ2n) is 6.05. The molecule has 1 aromatic carbocycles. The molecule has 104 valence electrons. The highest BCUT2D eigenvalue weighted by atomic mass is 16.3. The average molecular weight is 259 g/mol. The predicted molar refractivity (Wildman–Crippen MR) is 78.5 cm³/mol. The molecule has 0 amide bonds. The van der Waals surface area contributed by atoms with E-state index >= 15 is 0 Å². The first kappa shape index (κ1) is 13.1. The SMILES string of the molecule is OCC[C@@H]1CCCN1CCc1ccc2c(c1)CCC2. The molecule has 0 spiro atoms. The Morgan fingerprint density at radius 2 is 2.05 bits per heavy atom. The first-order valence-corrected chi connectivity index (χ1v) is 7.82. The lowest BCUT2D eigenvalue weighted by Crippen LogP contribution is -2.32. The third-order valence-electron chi connectivity index (χ3n) is 4.81. The standard InChI is InChI=1S/C17H25NO/c19-12-9-17-5-2-10-18(17)11-8-14-6-7-15-3-1-4-16(15)13-14/h6-7,13,17,19H,1-5,8-12H2/t17-/m0/s1. The topological polar surface area (TPSA) is 23.5 Å². The Morgan fingerprint density at radius 1 is 1.16 bits per heavy atom. The fourth-order valence-electron chi connectivity index (χ4n) is 3.72. The quantitative estimate of drug-likeness (QED) is 0.878. The zero-order valence-corrected chi connectivity index (χ0v) is 11.8. The second kappa shape index (κ2) is 6.06. The summed E-state index contributed by atoms with van der Waals surface area (Å²) in [7, 11) is 0. The summed E-state index contributed by atoms with van der Waals surface area (Å²) in [4.78, 5) is 2.57. The van der Waals surface area contributed by atoms with E-state index < -0.39 is 0 Å². The number of hydrogen-bond acceptors (Lipinski definition) is 2. The van der Waals surface area contributed by atoms with Crippen molar-refractivity contribution < 1.29 is 5.11 Å². The number of rotatable bonds is 5. The van der Waals surface area contributed by atoms with Crippen molar-refractivity contribution in [2.24, 2.45) is 0 Å². The van der Waals surface area contributed by atoms with E-state index in [1.165, 1.54) is 44.2 Å². The summed E-state index contributed by atoms with van der Waals surface area (Å²) in [5, 5.41) is 9.11. The van der Waals surface area contributed by atoms with Crippen LogP contribution in [0.15, 0.2) is 18.2 Å². The Bertz CT molecular complexity index is 429. The Labute approximate surface area is 116 Å². The number of fused-ring (bicyclic) bond motifs is 1. The van der Waals surface area contributed by atoms with Crippen LogP contribution in [0.4, 0.5) is 0 Å². The molecule has 1 aliphatic heterocycles. The maximum Gasteiger partial charge on any atom is 0.0445 e. The number of hydrogen-bond donors (Lipinski definition) is 1. The first-order valence-electron chi connectivity index (χ1n) is 7.82. The van der Waals surface area contributed by atoms with Gasteiger partial charge in [0.15, 0.2) is 0 Å². The maximum absolute atomic E-state index is 9.11. The van der Waals surface area contributed by atoms with Gasteiger partial charge in [0.05, 0.1) is 0 Å². The number of likely N-dealkylation sites (tertiary alicyclic amines) is 1. The monoisotopic (exact) mass is 259 g/mol. The summed E-state index contributed by atoms with van der Waals surface area (Å²) >= 11 is 0. The summed E-state index contributed by atoms with van der Waals surface area (Å²) < 4.78 is 0. The smallest absolute Gasteiger partial charge is 0.0445 e. The van der Waals surface area contributed by atoms with Crippen LogP contribution in [0, 0.1) is 0 Å². The maximum atomic E-state index is 9.11. The van der Waals surface area contributed by atoms with Crippen molar-refractivity contribution in [1.82, 2.24) is 4.90 Å². The number of aliphatic hydroxyl groups excluding tert-OH is 1. The number of benzene rings is 1. The van der Waals surface area contributed by atoms with Gasteiger partial charge in [-0.2, -0.15) is 0 Å². The van der Waals surface area contributed by atoms with Crippen molar-refractivity contribution in [1.29, 1.82) is 0 Å². The van der Waals surface area contributed by atoms with Gasteiger partial charge >= 0.3 is 0 Å². The molecule has 1 aromatic rings. The molecular formula is C17H25NO. The fraction of sp³-hybridized carbons (Fsp3) is 0.647. The molecule has 1 saturated heterocycles. The lowest BCUT2D eigenvalue weighted by Gasteiger charge is -2.23. The first-order chi connectivity index (χ1) is 9.36. The van der Waals surface area contributed by atoms with Crippen LogP contribution in [-0.4, -0.2) is 35.7 Å². The lowest BCUT2D eigenvalue weighted by molar-refractivity contribution is 0.197. The van der Waals surface area contributed by atoms with Crippen molar-refractivity contribution in [2.75, 3.05) is 19.7 Å². The number of aryl methyl sites for hydroxylation is 2. The normalized spacial score (nSPS) is 22.9. The van der Waals surface area contributed by atoms with Crippen molar-refractivity contribution in [3.63, 3.8) is 0 Å². The molecule has 1 N–H and O–H groups in total. The van der Waals surface area contributed by atoms with Crippen LogP contribution < -0.4 is 0 Å². The van der Waals surface area contributed by atoms with Gasteiger partial charge in [0.1, 0.15) is 0 Å². The third kappa shape index (κ3) is 3.01. The Morgan fingerprint density at radius 3 is 2.95 bits per heavy atom. The summed E-state index contributed by atoms with van der Waals surface area (Å²) in [5.41, 5.74) is 4.66. The van der Waals surface area contributed by atoms with Gasteiger partial charge in [-0.1, -0.05) is 18.2 Å². The molecule has 1 aliphatic carbocycles. The zero-order valence-electron chi connectivity index (χ0n) is 11.8. The lowest BCUT2D eigenvalue weighted by atomic mass is 10.0. The number of aliphatic hydroxyl groups is 1. The summed E-state index contributed by atoms with van der Waals surface area (Å²) in [6.45, 7) is 2.71. The summed E-state index contributed by atoms with van der Waals surface area (Å²) in [6, 6.07) is 7.72. The average Bonchev–Trinajstić information content (AvgIpc) is 3.05. The third-order valence-corrected chi connectivity index (χ3v) is 4.81. The fourth-order valence-corrected chi connectivity index (χ4v) is 3.72. The van der Waals surface area contributed by atoms with Crippen molar-refractivity contribution in [3.05, 3.63) is 34.9 Å². The minimum Gasteiger partial charge on any atom is -0.396 e. The highest BCUT2D eigenvalue weighted by Crippen LogP contribution is 2.24. The van der Waals surface area contributed by atoms with Crippen LogP contribution >= 0.6 is 0 Å². The van der Waals surface area contributed by atoms with Crippen LogP contribution in [0.25, 0.3) is 0 Å². The molecule has 0 radical (unpaired) electrons. The molecule has 2 nitrogen and oxygen atoms in total.